The maximum atomic E-state index is 12.9. The Hall–Kier alpha value is -3.39. The van der Waals surface area contributed by atoms with Gasteiger partial charge in [0.15, 0.2) is 0 Å². The van der Waals surface area contributed by atoms with Crippen LogP contribution in [0, 0.1) is 5.92 Å². The molecule has 1 amide bonds. The highest BCUT2D eigenvalue weighted by Gasteiger charge is 2.41. The van der Waals surface area contributed by atoms with Gasteiger partial charge >= 0.3 is 6.09 Å². The third-order valence-corrected chi connectivity index (χ3v) is 9.69. The molecule has 8 heteroatoms. The van der Waals surface area contributed by atoms with Crippen molar-refractivity contribution in [1.82, 2.24) is 30.2 Å². The van der Waals surface area contributed by atoms with Crippen LogP contribution >= 0.6 is 0 Å². The van der Waals surface area contributed by atoms with Crippen LogP contribution in [0.5, 0.6) is 0 Å². The molecule has 0 spiro atoms. The third-order valence-electron chi connectivity index (χ3n) is 9.69. The molecule has 2 aromatic rings. The summed E-state index contributed by atoms with van der Waals surface area (Å²) in [5.74, 6) is 2.71. The number of H-pyrrole nitrogens is 2. The Morgan fingerprint density at radius 2 is 1.45 bits per heavy atom. The summed E-state index contributed by atoms with van der Waals surface area (Å²) in [5.41, 5.74) is 7.19. The third kappa shape index (κ3) is 5.53. The Balaban J connectivity index is 1.01. The fraction of sp³-hybridized carbons (Fsp3) is 0.559. The summed E-state index contributed by atoms with van der Waals surface area (Å²) >= 11 is 0. The smallest absolute Gasteiger partial charge is 0.410 e. The van der Waals surface area contributed by atoms with Crippen molar-refractivity contribution < 1.29 is 9.53 Å². The Morgan fingerprint density at radius 1 is 0.833 bits per heavy atom. The Bertz CT molecular complexity index is 1470. The van der Waals surface area contributed by atoms with Gasteiger partial charge in [0.2, 0.25) is 0 Å². The zero-order valence-electron chi connectivity index (χ0n) is 25.2. The SMILES string of the molecule is CC(C)(C)OC(=O)N1CCCCC1c1ncc(C2=CC=C(C3=CC=C(c4cnc(C5NC6CCC5C6)[nH]4)CC3)CC2)[nH]1. The molecule has 3 aliphatic carbocycles. The van der Waals surface area contributed by atoms with E-state index in [0.29, 0.717) is 18.6 Å². The molecule has 3 N–H and O–H groups in total. The van der Waals surface area contributed by atoms with E-state index in [1.807, 2.05) is 38.1 Å². The van der Waals surface area contributed by atoms with Crippen molar-refractivity contribution in [3.05, 3.63) is 70.9 Å². The van der Waals surface area contributed by atoms with Crippen LogP contribution in [0.3, 0.4) is 0 Å². The average molecular weight is 569 g/mol. The number of aromatic amines is 2. The quantitative estimate of drug-likeness (QED) is 0.351. The van der Waals surface area contributed by atoms with Crippen LogP contribution in [0.25, 0.3) is 11.1 Å². The number of allylic oxidation sites excluding steroid dienone is 8. The highest BCUT2D eigenvalue weighted by Crippen LogP contribution is 2.43. The predicted octanol–water partition coefficient (Wildman–Crippen LogP) is 7.32. The number of nitrogens with zero attached hydrogens (tertiary/aromatic N) is 3. The normalized spacial score (nSPS) is 27.8. The maximum absolute atomic E-state index is 12.9. The minimum atomic E-state index is -0.509. The van der Waals surface area contributed by atoms with Gasteiger partial charge in [0.05, 0.1) is 35.9 Å². The molecule has 3 fully saturated rings. The van der Waals surface area contributed by atoms with Crippen LogP contribution in [0.2, 0.25) is 0 Å². The summed E-state index contributed by atoms with van der Waals surface area (Å²) in [5, 5.41) is 3.75. The summed E-state index contributed by atoms with van der Waals surface area (Å²) in [4.78, 5) is 31.4. The second-order valence-electron chi connectivity index (χ2n) is 13.7. The van der Waals surface area contributed by atoms with Gasteiger partial charge in [0.1, 0.15) is 17.2 Å². The van der Waals surface area contributed by atoms with E-state index in [1.54, 1.807) is 0 Å². The van der Waals surface area contributed by atoms with E-state index in [4.69, 9.17) is 14.7 Å². The molecule has 2 bridgehead atoms. The van der Waals surface area contributed by atoms with Crippen LogP contribution < -0.4 is 5.32 Å². The van der Waals surface area contributed by atoms with E-state index in [1.165, 1.54) is 47.2 Å². The van der Waals surface area contributed by atoms with Crippen LogP contribution in [-0.2, 0) is 4.74 Å². The predicted molar refractivity (Wildman–Crippen MR) is 164 cm³/mol. The number of piperidine rings is 2. The van der Waals surface area contributed by atoms with E-state index in [-0.39, 0.29) is 12.1 Å². The summed E-state index contributed by atoms with van der Waals surface area (Å²) in [6.45, 7) is 6.44. The Morgan fingerprint density at radius 3 is 2.02 bits per heavy atom. The molecule has 42 heavy (non-hydrogen) atoms. The first-order chi connectivity index (χ1) is 20.3. The number of hydrogen-bond acceptors (Lipinski definition) is 5. The van der Waals surface area contributed by atoms with Crippen molar-refractivity contribution in [3.8, 4) is 0 Å². The number of carbonyl (C=O) groups excluding carboxylic acids is 1. The molecule has 2 aliphatic heterocycles. The van der Waals surface area contributed by atoms with Gasteiger partial charge in [-0.1, -0.05) is 24.3 Å². The van der Waals surface area contributed by atoms with E-state index in [0.717, 1.165) is 68.2 Å². The van der Waals surface area contributed by atoms with Crippen molar-refractivity contribution in [2.75, 3.05) is 6.54 Å². The zero-order chi connectivity index (χ0) is 28.8. The molecule has 0 aromatic carbocycles. The first-order valence-electron chi connectivity index (χ1n) is 16.0. The van der Waals surface area contributed by atoms with Gasteiger partial charge < -0.3 is 20.0 Å². The molecule has 8 nitrogen and oxygen atoms in total. The fourth-order valence-electron chi connectivity index (χ4n) is 7.50. The molecular weight excluding hydrogens is 524 g/mol. The van der Waals surface area contributed by atoms with Crippen molar-refractivity contribution in [2.45, 2.75) is 109 Å². The first kappa shape index (κ1) is 27.4. The second kappa shape index (κ2) is 11.0. The number of likely N-dealkylation sites (tertiary alicyclic amines) is 1. The van der Waals surface area contributed by atoms with Gasteiger partial charge in [-0.25, -0.2) is 14.8 Å². The number of amides is 1. The van der Waals surface area contributed by atoms with Crippen LogP contribution in [0.15, 0.2) is 47.8 Å². The van der Waals surface area contributed by atoms with Crippen LogP contribution in [0.1, 0.15) is 120 Å². The molecule has 5 aliphatic rings. The lowest BCUT2D eigenvalue weighted by Crippen LogP contribution is -2.42. The van der Waals surface area contributed by atoms with Crippen molar-refractivity contribution in [1.29, 1.82) is 0 Å². The average Bonchev–Trinajstić information content (AvgIpc) is 3.81. The van der Waals surface area contributed by atoms with Gasteiger partial charge in [0.25, 0.3) is 0 Å². The molecule has 222 valence electrons. The van der Waals surface area contributed by atoms with E-state index < -0.39 is 5.60 Å². The zero-order valence-corrected chi connectivity index (χ0v) is 25.2. The molecule has 2 saturated heterocycles. The van der Waals surface area contributed by atoms with Crippen molar-refractivity contribution in [3.63, 3.8) is 0 Å². The molecule has 4 unspecified atom stereocenters. The highest BCUT2D eigenvalue weighted by atomic mass is 16.6. The standard InChI is InChI=1S/C34H44N6O2/c1-34(2,3)42-33(41)40-17-5-4-6-29(40)31-35-19-27(38-31)23-11-7-21(8-12-23)22-9-13-24(14-10-22)28-20-36-32(39-28)30-25-15-16-26(18-25)37-30/h7,9,11,13,19-20,25-26,29-30,37H,4-6,8,10,12,14-18H2,1-3H3,(H,35,38)(H,36,39). The Labute approximate surface area is 248 Å². The maximum Gasteiger partial charge on any atom is 0.410 e. The molecule has 7 rings (SSSR count). The summed E-state index contributed by atoms with van der Waals surface area (Å²) < 4.78 is 5.69. The van der Waals surface area contributed by atoms with E-state index in [9.17, 15) is 4.79 Å². The van der Waals surface area contributed by atoms with Gasteiger partial charge in [0, 0.05) is 12.6 Å². The number of aromatic nitrogens is 4. The number of rotatable bonds is 5. The number of carbonyl (C=O) groups is 1. The monoisotopic (exact) mass is 568 g/mol. The van der Waals surface area contributed by atoms with Crippen molar-refractivity contribution in [2.24, 2.45) is 5.92 Å². The lowest BCUT2D eigenvalue weighted by atomic mass is 9.86. The number of imidazole rings is 2. The number of hydrogen-bond donors (Lipinski definition) is 3. The van der Waals surface area contributed by atoms with Crippen molar-refractivity contribution >= 4 is 17.2 Å². The van der Waals surface area contributed by atoms with E-state index in [2.05, 4.69) is 39.6 Å². The van der Waals surface area contributed by atoms with Crippen LogP contribution in [-0.4, -0.2) is 49.1 Å². The molecule has 4 heterocycles. The minimum Gasteiger partial charge on any atom is -0.444 e. The molecule has 2 aromatic heterocycles. The largest absolute Gasteiger partial charge is 0.444 e. The number of fused-ring (bicyclic) bond motifs is 2. The summed E-state index contributed by atoms with van der Waals surface area (Å²) in [6.07, 6.45) is 23.8. The lowest BCUT2D eigenvalue weighted by molar-refractivity contribution is 0.00853. The number of ether oxygens (including phenoxy) is 1. The molecular formula is C34H44N6O2. The van der Waals surface area contributed by atoms with Crippen LogP contribution in [0.4, 0.5) is 4.79 Å². The van der Waals surface area contributed by atoms with Gasteiger partial charge in [-0.15, -0.1) is 0 Å². The molecule has 4 atom stereocenters. The summed E-state index contributed by atoms with van der Waals surface area (Å²) in [7, 11) is 0. The van der Waals surface area contributed by atoms with Gasteiger partial charge in [-0.2, -0.15) is 0 Å². The highest BCUT2D eigenvalue weighted by molar-refractivity contribution is 5.70. The first-order valence-corrected chi connectivity index (χ1v) is 16.0. The second-order valence-corrected chi connectivity index (χ2v) is 13.7. The van der Waals surface area contributed by atoms with E-state index >= 15 is 0 Å². The molecule has 0 radical (unpaired) electrons. The minimum absolute atomic E-state index is 0.0680. The molecule has 1 saturated carbocycles. The Kier molecular flexibility index (Phi) is 7.21. The van der Waals surface area contributed by atoms with Gasteiger partial charge in [-0.3, -0.25) is 4.90 Å². The number of nitrogens with one attached hydrogen (secondary N) is 3. The summed E-state index contributed by atoms with van der Waals surface area (Å²) in [6, 6.07) is 1.02. The lowest BCUT2D eigenvalue weighted by Gasteiger charge is -2.35. The fourth-order valence-corrected chi connectivity index (χ4v) is 7.50. The topological polar surface area (TPSA) is 98.9 Å². The van der Waals surface area contributed by atoms with Gasteiger partial charge in [-0.05, 0) is 113 Å².